The van der Waals surface area contributed by atoms with Crippen molar-refractivity contribution in [2.45, 2.75) is 12.8 Å². The zero-order valence-corrected chi connectivity index (χ0v) is 10.5. The Morgan fingerprint density at radius 2 is 2.00 bits per heavy atom. The van der Waals surface area contributed by atoms with Crippen LogP contribution >= 0.6 is 27.5 Å². The lowest BCUT2D eigenvalue weighted by molar-refractivity contribution is 0.0793. The zero-order chi connectivity index (χ0) is 10.8. The van der Waals surface area contributed by atoms with E-state index in [1.165, 1.54) is 0 Å². The van der Waals surface area contributed by atoms with E-state index in [1.807, 2.05) is 17.0 Å². The number of carbonyl (C=O) groups excluding carboxylic acids is 1. The van der Waals surface area contributed by atoms with Gasteiger partial charge in [-0.25, -0.2) is 0 Å². The van der Waals surface area contributed by atoms with Crippen molar-refractivity contribution < 1.29 is 4.79 Å². The Balaban J connectivity index is 2.28. The Kier molecular flexibility index (Phi) is 3.32. The van der Waals surface area contributed by atoms with Crippen LogP contribution in [0.5, 0.6) is 0 Å². The number of halogens is 2. The number of likely N-dealkylation sites (tertiary alicyclic amines) is 1. The molecule has 0 radical (unpaired) electrons. The summed E-state index contributed by atoms with van der Waals surface area (Å²) in [5, 5.41) is 0.509. The smallest absolute Gasteiger partial charge is 0.255 e. The van der Waals surface area contributed by atoms with Crippen LogP contribution in [0.1, 0.15) is 23.2 Å². The summed E-state index contributed by atoms with van der Waals surface area (Å²) in [4.78, 5) is 13.9. The van der Waals surface area contributed by atoms with Gasteiger partial charge in [-0.05, 0) is 40.9 Å². The maximum atomic E-state index is 12.0. The molecule has 1 heterocycles. The lowest BCUT2D eigenvalue weighted by atomic mass is 10.2. The molecule has 1 aromatic rings. The van der Waals surface area contributed by atoms with E-state index >= 15 is 0 Å². The summed E-state index contributed by atoms with van der Waals surface area (Å²) in [6, 6.07) is 5.44. The van der Waals surface area contributed by atoms with Crippen LogP contribution in [0.4, 0.5) is 0 Å². The van der Waals surface area contributed by atoms with Crippen LogP contribution in [0.3, 0.4) is 0 Å². The predicted molar refractivity (Wildman–Crippen MR) is 64.3 cm³/mol. The van der Waals surface area contributed by atoms with Gasteiger partial charge < -0.3 is 4.90 Å². The summed E-state index contributed by atoms with van der Waals surface area (Å²) in [5.74, 6) is 0.0406. The maximum Gasteiger partial charge on any atom is 0.255 e. The van der Waals surface area contributed by atoms with Crippen molar-refractivity contribution in [3.05, 3.63) is 33.3 Å². The molecule has 4 heteroatoms. The molecular formula is C11H11BrClNO. The minimum Gasteiger partial charge on any atom is -0.339 e. The molecule has 15 heavy (non-hydrogen) atoms. The molecule has 1 aliphatic rings. The van der Waals surface area contributed by atoms with E-state index in [9.17, 15) is 4.79 Å². The standard InChI is InChI=1S/C11H11BrClNO/c12-9-5-3-4-8(10(9)13)11(15)14-6-1-2-7-14/h3-5H,1-2,6-7H2. The summed E-state index contributed by atoms with van der Waals surface area (Å²) >= 11 is 9.39. The Morgan fingerprint density at radius 3 is 2.67 bits per heavy atom. The summed E-state index contributed by atoms with van der Waals surface area (Å²) in [6.45, 7) is 1.70. The highest BCUT2D eigenvalue weighted by Gasteiger charge is 2.21. The third-order valence-electron chi connectivity index (χ3n) is 2.58. The van der Waals surface area contributed by atoms with Gasteiger partial charge >= 0.3 is 0 Å². The molecule has 1 fully saturated rings. The fourth-order valence-corrected chi connectivity index (χ4v) is 2.33. The highest BCUT2D eigenvalue weighted by atomic mass is 79.9. The number of carbonyl (C=O) groups is 1. The van der Waals surface area contributed by atoms with Gasteiger partial charge in [0.05, 0.1) is 10.6 Å². The largest absolute Gasteiger partial charge is 0.339 e. The van der Waals surface area contributed by atoms with Gasteiger partial charge in [0.15, 0.2) is 0 Å². The molecule has 0 spiro atoms. The summed E-state index contributed by atoms with van der Waals surface area (Å²) in [6.07, 6.45) is 2.19. The van der Waals surface area contributed by atoms with Gasteiger partial charge in [0.1, 0.15) is 0 Å². The Bertz CT molecular complexity index is 388. The van der Waals surface area contributed by atoms with Crippen LogP contribution in [0.25, 0.3) is 0 Å². The minimum atomic E-state index is 0.0406. The van der Waals surface area contributed by atoms with Crippen LogP contribution < -0.4 is 0 Å². The first-order valence-corrected chi connectivity index (χ1v) is 6.10. The third kappa shape index (κ3) is 2.18. The van der Waals surface area contributed by atoms with Crippen molar-refractivity contribution in [3.8, 4) is 0 Å². The van der Waals surface area contributed by atoms with E-state index in [0.717, 1.165) is 30.4 Å². The maximum absolute atomic E-state index is 12.0. The van der Waals surface area contributed by atoms with Gasteiger partial charge in [-0.3, -0.25) is 4.79 Å². The van der Waals surface area contributed by atoms with Crippen molar-refractivity contribution in [2.75, 3.05) is 13.1 Å². The van der Waals surface area contributed by atoms with Gasteiger partial charge in [-0.2, -0.15) is 0 Å². The number of hydrogen-bond acceptors (Lipinski definition) is 1. The van der Waals surface area contributed by atoms with Crippen LogP contribution in [0.2, 0.25) is 5.02 Å². The third-order valence-corrected chi connectivity index (χ3v) is 3.87. The highest BCUT2D eigenvalue weighted by molar-refractivity contribution is 9.10. The second-order valence-electron chi connectivity index (χ2n) is 3.60. The number of nitrogens with zero attached hydrogens (tertiary/aromatic N) is 1. The van der Waals surface area contributed by atoms with E-state index in [-0.39, 0.29) is 5.91 Å². The molecule has 0 N–H and O–H groups in total. The Hall–Kier alpha value is -0.540. The van der Waals surface area contributed by atoms with Crippen LogP contribution in [0.15, 0.2) is 22.7 Å². The van der Waals surface area contributed by atoms with Gasteiger partial charge in [0, 0.05) is 17.6 Å². The molecule has 0 aliphatic carbocycles. The fourth-order valence-electron chi connectivity index (χ4n) is 1.76. The van der Waals surface area contributed by atoms with E-state index in [0.29, 0.717) is 10.6 Å². The van der Waals surface area contributed by atoms with Gasteiger partial charge in [-0.15, -0.1) is 0 Å². The van der Waals surface area contributed by atoms with E-state index in [4.69, 9.17) is 11.6 Å². The van der Waals surface area contributed by atoms with E-state index in [2.05, 4.69) is 15.9 Å². The topological polar surface area (TPSA) is 20.3 Å². The SMILES string of the molecule is O=C(c1cccc(Br)c1Cl)N1CCCC1. The van der Waals surface area contributed by atoms with Crippen molar-refractivity contribution in [1.29, 1.82) is 0 Å². The number of rotatable bonds is 1. The summed E-state index contributed by atoms with van der Waals surface area (Å²) < 4.78 is 0.772. The van der Waals surface area contributed by atoms with Gasteiger partial charge in [-0.1, -0.05) is 17.7 Å². The molecule has 2 nitrogen and oxygen atoms in total. The molecular weight excluding hydrogens is 277 g/mol. The van der Waals surface area contributed by atoms with Crippen LogP contribution in [0, 0.1) is 0 Å². The highest BCUT2D eigenvalue weighted by Crippen LogP contribution is 2.27. The average Bonchev–Trinajstić information content (AvgIpc) is 2.74. The predicted octanol–water partition coefficient (Wildman–Crippen LogP) is 3.34. The lowest BCUT2D eigenvalue weighted by Gasteiger charge is -2.16. The van der Waals surface area contributed by atoms with Gasteiger partial charge in [0.25, 0.3) is 5.91 Å². The fraction of sp³-hybridized carbons (Fsp3) is 0.364. The molecule has 2 rings (SSSR count). The second kappa shape index (κ2) is 4.54. The first-order valence-electron chi connectivity index (χ1n) is 4.93. The molecule has 0 unspecified atom stereocenters. The molecule has 0 bridgehead atoms. The molecule has 80 valence electrons. The monoisotopic (exact) mass is 287 g/mol. The number of hydrogen-bond donors (Lipinski definition) is 0. The Labute approximate surface area is 102 Å². The molecule has 1 amide bonds. The normalized spacial score (nSPS) is 15.7. The number of benzene rings is 1. The quantitative estimate of drug-likeness (QED) is 0.776. The van der Waals surface area contributed by atoms with Crippen LogP contribution in [-0.4, -0.2) is 23.9 Å². The molecule has 0 aromatic heterocycles. The zero-order valence-electron chi connectivity index (χ0n) is 8.17. The van der Waals surface area contributed by atoms with E-state index in [1.54, 1.807) is 6.07 Å². The van der Waals surface area contributed by atoms with Crippen molar-refractivity contribution in [1.82, 2.24) is 4.90 Å². The van der Waals surface area contributed by atoms with Crippen molar-refractivity contribution in [3.63, 3.8) is 0 Å². The number of amides is 1. The molecule has 1 saturated heterocycles. The van der Waals surface area contributed by atoms with Crippen LogP contribution in [-0.2, 0) is 0 Å². The molecule has 1 aliphatic heterocycles. The van der Waals surface area contributed by atoms with Crippen molar-refractivity contribution in [2.24, 2.45) is 0 Å². The lowest BCUT2D eigenvalue weighted by Crippen LogP contribution is -2.27. The van der Waals surface area contributed by atoms with Gasteiger partial charge in [0.2, 0.25) is 0 Å². The van der Waals surface area contributed by atoms with E-state index < -0.39 is 0 Å². The summed E-state index contributed by atoms with van der Waals surface area (Å²) in [7, 11) is 0. The summed E-state index contributed by atoms with van der Waals surface area (Å²) in [5.41, 5.74) is 0.591. The molecule has 1 aromatic carbocycles. The Morgan fingerprint density at radius 1 is 1.33 bits per heavy atom. The minimum absolute atomic E-state index is 0.0406. The van der Waals surface area contributed by atoms with Crippen molar-refractivity contribution >= 4 is 33.4 Å². The molecule has 0 atom stereocenters. The first-order chi connectivity index (χ1) is 7.20. The first kappa shape index (κ1) is 11.0. The second-order valence-corrected chi connectivity index (χ2v) is 4.83. The molecule has 0 saturated carbocycles. The average molecular weight is 289 g/mol.